The molecule has 4 rings (SSSR count). The number of esters is 1. The number of nitro benzene ring substituents is 1. The minimum absolute atomic E-state index is 0.0256. The minimum atomic E-state index is -0.630. The minimum Gasteiger partial charge on any atom is -0.488 e. The van der Waals surface area contributed by atoms with E-state index < -0.39 is 10.9 Å². The van der Waals surface area contributed by atoms with Gasteiger partial charge in [-0.25, -0.2) is 9.79 Å². The number of carbonyl (C=O) groups is 1. The summed E-state index contributed by atoms with van der Waals surface area (Å²) in [5, 5.41) is 11.0. The van der Waals surface area contributed by atoms with Gasteiger partial charge in [-0.2, -0.15) is 0 Å². The first kappa shape index (κ1) is 19.1. The standard InChI is InChI=1S/C23H16N2O5/c26-23-20(24-22(30-23)18-10-6-11-19(13-18)25(27)28)14-17-9-4-5-12-21(17)29-15-16-7-2-1-3-8-16/h1-14H,15H2/b20-14-. The van der Waals surface area contributed by atoms with Gasteiger partial charge >= 0.3 is 5.97 Å². The zero-order valence-corrected chi connectivity index (χ0v) is 15.7. The number of hydrogen-bond donors (Lipinski definition) is 0. The van der Waals surface area contributed by atoms with Crippen LogP contribution < -0.4 is 4.74 Å². The summed E-state index contributed by atoms with van der Waals surface area (Å²) in [5.74, 6) is -0.00680. The molecule has 1 aliphatic rings. The van der Waals surface area contributed by atoms with Crippen LogP contribution in [0.25, 0.3) is 6.08 Å². The van der Waals surface area contributed by atoms with Gasteiger partial charge in [0.2, 0.25) is 5.90 Å². The Labute approximate surface area is 172 Å². The van der Waals surface area contributed by atoms with E-state index in [-0.39, 0.29) is 17.3 Å². The number of rotatable bonds is 6. The van der Waals surface area contributed by atoms with Gasteiger partial charge < -0.3 is 9.47 Å². The molecule has 0 amide bonds. The number of non-ortho nitro benzene ring substituents is 1. The second kappa shape index (κ2) is 8.40. The summed E-state index contributed by atoms with van der Waals surface area (Å²) in [6.45, 7) is 0.383. The van der Waals surface area contributed by atoms with Gasteiger partial charge in [0.15, 0.2) is 5.70 Å². The Morgan fingerprint density at radius 2 is 1.77 bits per heavy atom. The van der Waals surface area contributed by atoms with Gasteiger partial charge in [-0.15, -0.1) is 0 Å². The van der Waals surface area contributed by atoms with Crippen molar-refractivity contribution in [1.82, 2.24) is 0 Å². The van der Waals surface area contributed by atoms with Crippen LogP contribution in [0.4, 0.5) is 5.69 Å². The zero-order valence-electron chi connectivity index (χ0n) is 15.7. The predicted molar refractivity (Wildman–Crippen MR) is 111 cm³/mol. The lowest BCUT2D eigenvalue weighted by molar-refractivity contribution is -0.384. The Hall–Kier alpha value is -4.26. The van der Waals surface area contributed by atoms with Crippen LogP contribution in [0.5, 0.6) is 5.75 Å². The molecule has 0 fully saturated rings. The lowest BCUT2D eigenvalue weighted by Gasteiger charge is -2.09. The van der Waals surface area contributed by atoms with Crippen LogP contribution in [0.15, 0.2) is 89.6 Å². The molecule has 1 aliphatic heterocycles. The molecule has 3 aromatic rings. The fraction of sp³-hybridized carbons (Fsp3) is 0.0435. The van der Waals surface area contributed by atoms with E-state index in [0.29, 0.717) is 23.5 Å². The highest BCUT2D eigenvalue weighted by Gasteiger charge is 2.25. The van der Waals surface area contributed by atoms with E-state index in [9.17, 15) is 14.9 Å². The highest BCUT2D eigenvalue weighted by Crippen LogP contribution is 2.26. The molecule has 0 saturated heterocycles. The van der Waals surface area contributed by atoms with Gasteiger partial charge in [0, 0.05) is 23.3 Å². The van der Waals surface area contributed by atoms with Gasteiger partial charge in [0.1, 0.15) is 12.4 Å². The summed E-state index contributed by atoms with van der Waals surface area (Å²) >= 11 is 0. The van der Waals surface area contributed by atoms with E-state index in [0.717, 1.165) is 5.56 Å². The lowest BCUT2D eigenvalue weighted by Crippen LogP contribution is -2.05. The largest absolute Gasteiger partial charge is 0.488 e. The molecular formula is C23H16N2O5. The monoisotopic (exact) mass is 400 g/mol. The van der Waals surface area contributed by atoms with Crippen LogP contribution in [0, 0.1) is 10.1 Å². The smallest absolute Gasteiger partial charge is 0.363 e. The third kappa shape index (κ3) is 4.25. The molecule has 0 atom stereocenters. The summed E-state index contributed by atoms with van der Waals surface area (Å²) in [7, 11) is 0. The van der Waals surface area contributed by atoms with Crippen molar-refractivity contribution in [2.45, 2.75) is 6.61 Å². The number of nitro groups is 1. The number of hydrogen-bond acceptors (Lipinski definition) is 6. The highest BCUT2D eigenvalue weighted by molar-refractivity contribution is 6.13. The number of cyclic esters (lactones) is 1. The molecule has 0 spiro atoms. The third-order valence-electron chi connectivity index (χ3n) is 4.37. The summed E-state index contributed by atoms with van der Waals surface area (Å²) < 4.78 is 11.1. The van der Waals surface area contributed by atoms with Crippen molar-refractivity contribution in [1.29, 1.82) is 0 Å². The van der Waals surface area contributed by atoms with E-state index in [1.165, 1.54) is 18.2 Å². The molecule has 0 unspecified atom stereocenters. The fourth-order valence-electron chi connectivity index (χ4n) is 2.90. The molecule has 30 heavy (non-hydrogen) atoms. The topological polar surface area (TPSA) is 91.0 Å². The quantitative estimate of drug-likeness (QED) is 0.263. The molecule has 148 valence electrons. The van der Waals surface area contributed by atoms with Crippen molar-refractivity contribution in [2.75, 3.05) is 0 Å². The van der Waals surface area contributed by atoms with E-state index in [1.54, 1.807) is 18.2 Å². The Kier molecular flexibility index (Phi) is 5.34. The maximum atomic E-state index is 12.3. The Morgan fingerprint density at radius 1 is 1.00 bits per heavy atom. The normalized spacial score (nSPS) is 14.3. The van der Waals surface area contributed by atoms with Gasteiger partial charge in [-0.3, -0.25) is 10.1 Å². The number of para-hydroxylation sites is 1. The average molecular weight is 400 g/mol. The van der Waals surface area contributed by atoms with Crippen molar-refractivity contribution in [2.24, 2.45) is 4.99 Å². The van der Waals surface area contributed by atoms with Crippen molar-refractivity contribution in [3.63, 3.8) is 0 Å². The van der Waals surface area contributed by atoms with Crippen molar-refractivity contribution >= 4 is 23.6 Å². The van der Waals surface area contributed by atoms with Crippen LogP contribution in [0.3, 0.4) is 0 Å². The summed E-state index contributed by atoms with van der Waals surface area (Å²) in [6, 6.07) is 22.8. The van der Waals surface area contributed by atoms with Gasteiger partial charge in [-0.1, -0.05) is 54.6 Å². The molecule has 0 N–H and O–H groups in total. The summed E-state index contributed by atoms with van der Waals surface area (Å²) in [5.41, 5.74) is 2.03. The first-order chi connectivity index (χ1) is 14.6. The fourth-order valence-corrected chi connectivity index (χ4v) is 2.90. The third-order valence-corrected chi connectivity index (χ3v) is 4.37. The van der Waals surface area contributed by atoms with Gasteiger partial charge in [-0.05, 0) is 23.8 Å². The van der Waals surface area contributed by atoms with Crippen LogP contribution >= 0.6 is 0 Å². The predicted octanol–water partition coefficient (Wildman–Crippen LogP) is 4.52. The Balaban J connectivity index is 1.59. The molecule has 3 aromatic carbocycles. The van der Waals surface area contributed by atoms with Crippen LogP contribution in [-0.2, 0) is 16.1 Å². The molecule has 7 nitrogen and oxygen atoms in total. The summed E-state index contributed by atoms with van der Waals surface area (Å²) in [6.07, 6.45) is 1.58. The first-order valence-electron chi connectivity index (χ1n) is 9.13. The second-order valence-corrected chi connectivity index (χ2v) is 6.46. The lowest BCUT2D eigenvalue weighted by atomic mass is 10.1. The molecule has 0 bridgehead atoms. The number of aliphatic imine (C=N–C) groups is 1. The van der Waals surface area contributed by atoms with E-state index in [2.05, 4.69) is 4.99 Å². The maximum absolute atomic E-state index is 12.3. The SMILES string of the molecule is O=C1OC(c2cccc([N+](=O)[O-])c2)=N/C1=C\c1ccccc1OCc1ccccc1. The van der Waals surface area contributed by atoms with Crippen molar-refractivity contribution < 1.29 is 19.2 Å². The van der Waals surface area contributed by atoms with Gasteiger partial charge in [0.25, 0.3) is 5.69 Å². The number of ether oxygens (including phenoxy) is 2. The Morgan fingerprint density at radius 3 is 2.57 bits per heavy atom. The van der Waals surface area contributed by atoms with E-state index >= 15 is 0 Å². The average Bonchev–Trinajstić information content (AvgIpc) is 3.14. The zero-order chi connectivity index (χ0) is 20.9. The van der Waals surface area contributed by atoms with E-state index in [1.807, 2.05) is 48.5 Å². The number of carbonyl (C=O) groups excluding carboxylic acids is 1. The molecular weight excluding hydrogens is 384 g/mol. The van der Waals surface area contributed by atoms with Crippen molar-refractivity contribution in [3.8, 4) is 5.75 Å². The first-order valence-corrected chi connectivity index (χ1v) is 9.13. The number of benzene rings is 3. The molecule has 0 aliphatic carbocycles. The van der Waals surface area contributed by atoms with Gasteiger partial charge in [0.05, 0.1) is 4.92 Å². The number of nitrogens with zero attached hydrogens (tertiary/aromatic N) is 2. The van der Waals surface area contributed by atoms with Crippen LogP contribution in [0.2, 0.25) is 0 Å². The molecule has 0 aromatic heterocycles. The molecule has 7 heteroatoms. The van der Waals surface area contributed by atoms with Crippen molar-refractivity contribution in [3.05, 3.63) is 111 Å². The Bertz CT molecular complexity index is 1170. The van der Waals surface area contributed by atoms with Crippen LogP contribution in [0.1, 0.15) is 16.7 Å². The van der Waals surface area contributed by atoms with E-state index in [4.69, 9.17) is 9.47 Å². The second-order valence-electron chi connectivity index (χ2n) is 6.46. The molecule has 0 radical (unpaired) electrons. The maximum Gasteiger partial charge on any atom is 0.363 e. The summed E-state index contributed by atoms with van der Waals surface area (Å²) in [4.78, 5) is 27.0. The molecule has 0 saturated carbocycles. The highest BCUT2D eigenvalue weighted by atomic mass is 16.6. The molecule has 1 heterocycles. The van der Waals surface area contributed by atoms with Crippen LogP contribution in [-0.4, -0.2) is 16.8 Å².